The van der Waals surface area contributed by atoms with Crippen LogP contribution in [0.4, 0.5) is 5.95 Å². The summed E-state index contributed by atoms with van der Waals surface area (Å²) in [4.78, 5) is 25.5. The van der Waals surface area contributed by atoms with Crippen LogP contribution in [-0.4, -0.2) is 59.6 Å². The molecule has 7 heteroatoms. The molecule has 2 aromatic rings. The van der Waals surface area contributed by atoms with Crippen molar-refractivity contribution in [2.75, 3.05) is 37.7 Å². The molecule has 4 rings (SSSR count). The van der Waals surface area contributed by atoms with E-state index >= 15 is 0 Å². The van der Waals surface area contributed by atoms with E-state index in [0.29, 0.717) is 13.2 Å². The van der Waals surface area contributed by atoms with E-state index in [9.17, 15) is 4.79 Å². The molecule has 1 N–H and O–H groups in total. The number of hydrogen-bond donors (Lipinski definition) is 1. The second-order valence-corrected chi connectivity index (χ2v) is 7.07. The number of carbonyl (C=O) groups is 1. The number of benzene rings is 1. The minimum atomic E-state index is 0.0650. The highest BCUT2D eigenvalue weighted by molar-refractivity contribution is 5.78. The number of para-hydroxylation sites is 1. The van der Waals surface area contributed by atoms with E-state index < -0.39 is 0 Å². The Bertz CT molecular complexity index is 770. The maximum Gasteiger partial charge on any atom is 0.234 e. The predicted molar refractivity (Wildman–Crippen MR) is 103 cm³/mol. The Morgan fingerprint density at radius 2 is 2.04 bits per heavy atom. The first-order valence-electron chi connectivity index (χ1n) is 9.52. The number of rotatable bonds is 4. The fourth-order valence-corrected chi connectivity index (χ4v) is 3.72. The van der Waals surface area contributed by atoms with E-state index in [-0.39, 0.29) is 11.9 Å². The second kappa shape index (κ2) is 8.35. The SMILES string of the molecule is O=C(CN1CCOc2ccccc2C1)N[C@H]1CCCN(c2ncccn2)C1. The van der Waals surface area contributed by atoms with Crippen LogP contribution < -0.4 is 15.0 Å². The molecule has 0 saturated carbocycles. The van der Waals surface area contributed by atoms with Crippen LogP contribution in [0.5, 0.6) is 5.75 Å². The van der Waals surface area contributed by atoms with E-state index in [2.05, 4.69) is 31.2 Å². The monoisotopic (exact) mass is 367 g/mol. The van der Waals surface area contributed by atoms with Crippen LogP contribution in [0.15, 0.2) is 42.7 Å². The summed E-state index contributed by atoms with van der Waals surface area (Å²) in [5.41, 5.74) is 1.13. The molecule has 142 valence electrons. The van der Waals surface area contributed by atoms with E-state index in [4.69, 9.17) is 4.74 Å². The zero-order valence-electron chi connectivity index (χ0n) is 15.4. The van der Waals surface area contributed by atoms with E-state index in [1.807, 2.05) is 24.3 Å². The quantitative estimate of drug-likeness (QED) is 0.882. The maximum absolute atomic E-state index is 12.6. The van der Waals surface area contributed by atoms with Gasteiger partial charge in [0, 0.05) is 50.2 Å². The highest BCUT2D eigenvalue weighted by Crippen LogP contribution is 2.22. The lowest BCUT2D eigenvalue weighted by molar-refractivity contribution is -0.123. The first-order chi connectivity index (χ1) is 13.3. The Balaban J connectivity index is 1.31. The van der Waals surface area contributed by atoms with Gasteiger partial charge in [-0.25, -0.2) is 9.97 Å². The zero-order chi connectivity index (χ0) is 18.5. The zero-order valence-corrected chi connectivity index (χ0v) is 15.4. The van der Waals surface area contributed by atoms with Crippen molar-refractivity contribution in [3.05, 3.63) is 48.3 Å². The van der Waals surface area contributed by atoms with Crippen molar-refractivity contribution >= 4 is 11.9 Å². The molecule has 1 atom stereocenters. The highest BCUT2D eigenvalue weighted by Gasteiger charge is 2.24. The number of piperidine rings is 1. The summed E-state index contributed by atoms with van der Waals surface area (Å²) in [7, 11) is 0. The van der Waals surface area contributed by atoms with Gasteiger partial charge in [0.2, 0.25) is 11.9 Å². The van der Waals surface area contributed by atoms with Crippen LogP contribution in [0.25, 0.3) is 0 Å². The average Bonchev–Trinajstić information content (AvgIpc) is 2.90. The van der Waals surface area contributed by atoms with Gasteiger partial charge < -0.3 is 15.0 Å². The van der Waals surface area contributed by atoms with Gasteiger partial charge in [-0.1, -0.05) is 18.2 Å². The van der Waals surface area contributed by atoms with Gasteiger partial charge in [-0.2, -0.15) is 0 Å². The molecule has 1 aromatic heterocycles. The standard InChI is InChI=1S/C20H25N5O2/c26-19(15-24-11-12-27-18-7-2-1-5-16(18)13-24)23-17-6-3-10-25(14-17)20-21-8-4-9-22-20/h1-2,4-5,7-9,17H,3,6,10-15H2,(H,23,26)/t17-/m0/s1. The van der Waals surface area contributed by atoms with Crippen molar-refractivity contribution in [3.63, 3.8) is 0 Å². The molecule has 1 aromatic carbocycles. The van der Waals surface area contributed by atoms with Crippen LogP contribution in [0.2, 0.25) is 0 Å². The molecule has 2 aliphatic rings. The molecule has 0 aliphatic carbocycles. The molecule has 0 bridgehead atoms. The average molecular weight is 367 g/mol. The van der Waals surface area contributed by atoms with Crippen molar-refractivity contribution in [1.82, 2.24) is 20.2 Å². The summed E-state index contributed by atoms with van der Waals surface area (Å²) in [6.07, 6.45) is 5.52. The van der Waals surface area contributed by atoms with Crippen LogP contribution in [0.3, 0.4) is 0 Å². The first kappa shape index (κ1) is 17.7. The molecule has 0 unspecified atom stereocenters. The molecule has 2 aliphatic heterocycles. The van der Waals surface area contributed by atoms with Crippen molar-refractivity contribution in [3.8, 4) is 5.75 Å². The molecular formula is C20H25N5O2. The van der Waals surface area contributed by atoms with Crippen LogP contribution >= 0.6 is 0 Å². The largest absolute Gasteiger partial charge is 0.492 e. The number of fused-ring (bicyclic) bond motifs is 1. The molecule has 1 saturated heterocycles. The van der Waals surface area contributed by atoms with Gasteiger partial charge in [0.1, 0.15) is 12.4 Å². The normalized spacial score (nSPS) is 20.3. The first-order valence-corrected chi connectivity index (χ1v) is 9.52. The maximum atomic E-state index is 12.6. The summed E-state index contributed by atoms with van der Waals surface area (Å²) >= 11 is 0. The minimum absolute atomic E-state index is 0.0650. The Morgan fingerprint density at radius 1 is 1.19 bits per heavy atom. The number of aromatic nitrogens is 2. The summed E-state index contributed by atoms with van der Waals surface area (Å²) in [6.45, 7) is 4.15. The highest BCUT2D eigenvalue weighted by atomic mass is 16.5. The minimum Gasteiger partial charge on any atom is -0.492 e. The predicted octanol–water partition coefficient (Wildman–Crippen LogP) is 1.46. The smallest absolute Gasteiger partial charge is 0.234 e. The van der Waals surface area contributed by atoms with Gasteiger partial charge in [0.15, 0.2) is 0 Å². The van der Waals surface area contributed by atoms with Crippen molar-refractivity contribution in [2.45, 2.75) is 25.4 Å². The Hall–Kier alpha value is -2.67. The number of amides is 1. The molecule has 1 fully saturated rings. The molecule has 0 spiro atoms. The second-order valence-electron chi connectivity index (χ2n) is 7.07. The third kappa shape index (κ3) is 4.54. The molecule has 0 radical (unpaired) electrons. The van der Waals surface area contributed by atoms with Gasteiger partial charge in [-0.3, -0.25) is 9.69 Å². The molecule has 7 nitrogen and oxygen atoms in total. The lowest BCUT2D eigenvalue weighted by atomic mass is 10.1. The van der Waals surface area contributed by atoms with Gasteiger partial charge in [-0.05, 0) is 25.0 Å². The van der Waals surface area contributed by atoms with E-state index in [1.165, 1.54) is 0 Å². The Morgan fingerprint density at radius 3 is 2.93 bits per heavy atom. The van der Waals surface area contributed by atoms with E-state index in [1.54, 1.807) is 12.4 Å². The summed E-state index contributed by atoms with van der Waals surface area (Å²) in [5.74, 6) is 1.72. The fraction of sp³-hybridized carbons (Fsp3) is 0.450. The van der Waals surface area contributed by atoms with Crippen LogP contribution in [0.1, 0.15) is 18.4 Å². The number of anilines is 1. The lowest BCUT2D eigenvalue weighted by Crippen LogP contribution is -2.50. The summed E-state index contributed by atoms with van der Waals surface area (Å²) < 4.78 is 5.78. The summed E-state index contributed by atoms with van der Waals surface area (Å²) in [5, 5.41) is 3.19. The fourth-order valence-electron chi connectivity index (χ4n) is 3.72. The van der Waals surface area contributed by atoms with Gasteiger partial charge in [-0.15, -0.1) is 0 Å². The molecular weight excluding hydrogens is 342 g/mol. The number of nitrogens with one attached hydrogen (secondary N) is 1. The molecule has 3 heterocycles. The molecule has 27 heavy (non-hydrogen) atoms. The van der Waals surface area contributed by atoms with Gasteiger partial charge in [0.05, 0.1) is 6.54 Å². The van der Waals surface area contributed by atoms with Gasteiger partial charge >= 0.3 is 0 Å². The number of ether oxygens (including phenoxy) is 1. The lowest BCUT2D eigenvalue weighted by Gasteiger charge is -2.33. The summed E-state index contributed by atoms with van der Waals surface area (Å²) in [6, 6.07) is 9.98. The number of carbonyl (C=O) groups excluding carboxylic acids is 1. The van der Waals surface area contributed by atoms with Crippen molar-refractivity contribution in [2.24, 2.45) is 0 Å². The van der Waals surface area contributed by atoms with Gasteiger partial charge in [0.25, 0.3) is 0 Å². The number of hydrogen-bond acceptors (Lipinski definition) is 6. The Labute approximate surface area is 159 Å². The van der Waals surface area contributed by atoms with Crippen LogP contribution in [0, 0.1) is 0 Å². The number of nitrogens with zero attached hydrogens (tertiary/aromatic N) is 4. The van der Waals surface area contributed by atoms with E-state index in [0.717, 1.165) is 56.3 Å². The third-order valence-electron chi connectivity index (χ3n) is 5.02. The topological polar surface area (TPSA) is 70.6 Å². The van der Waals surface area contributed by atoms with Crippen molar-refractivity contribution < 1.29 is 9.53 Å². The molecule has 1 amide bonds. The van der Waals surface area contributed by atoms with Crippen molar-refractivity contribution in [1.29, 1.82) is 0 Å². The third-order valence-corrected chi connectivity index (χ3v) is 5.02. The van der Waals surface area contributed by atoms with Crippen LogP contribution in [-0.2, 0) is 11.3 Å². The Kier molecular flexibility index (Phi) is 5.48.